The van der Waals surface area contributed by atoms with Crippen molar-refractivity contribution in [3.63, 3.8) is 0 Å². The summed E-state index contributed by atoms with van der Waals surface area (Å²) in [5.74, 6) is -0.0762. The Morgan fingerprint density at radius 1 is 1.11 bits per heavy atom. The van der Waals surface area contributed by atoms with Crippen molar-refractivity contribution in [2.45, 2.75) is 6.42 Å². The van der Waals surface area contributed by atoms with Gasteiger partial charge in [-0.25, -0.2) is 0 Å². The summed E-state index contributed by atoms with van der Waals surface area (Å²) >= 11 is 0. The molecule has 1 amide bonds. The number of hydrogen-bond donors (Lipinski definition) is 1. The molecule has 0 aliphatic rings. The average molecular weight is 252 g/mol. The van der Waals surface area contributed by atoms with Crippen LogP contribution in [0.25, 0.3) is 6.08 Å². The number of benzene rings is 1. The van der Waals surface area contributed by atoms with Gasteiger partial charge in [-0.3, -0.25) is 9.78 Å². The van der Waals surface area contributed by atoms with Crippen LogP contribution in [0.3, 0.4) is 0 Å². The van der Waals surface area contributed by atoms with Gasteiger partial charge in [0.2, 0.25) is 5.91 Å². The molecule has 0 saturated carbocycles. The van der Waals surface area contributed by atoms with Crippen molar-refractivity contribution in [2.75, 3.05) is 6.54 Å². The van der Waals surface area contributed by atoms with Gasteiger partial charge < -0.3 is 5.32 Å². The summed E-state index contributed by atoms with van der Waals surface area (Å²) < 4.78 is 0. The van der Waals surface area contributed by atoms with Gasteiger partial charge in [0.05, 0.1) is 0 Å². The number of carbonyl (C=O) groups is 1. The first kappa shape index (κ1) is 13.0. The van der Waals surface area contributed by atoms with Crippen LogP contribution in [0.5, 0.6) is 0 Å². The molecule has 1 aromatic heterocycles. The number of nitrogens with one attached hydrogen (secondary N) is 1. The lowest BCUT2D eigenvalue weighted by molar-refractivity contribution is -0.116. The number of aromatic nitrogens is 1. The topological polar surface area (TPSA) is 42.0 Å². The summed E-state index contributed by atoms with van der Waals surface area (Å²) in [6, 6.07) is 13.8. The second-order valence-corrected chi connectivity index (χ2v) is 4.14. The molecular weight excluding hydrogens is 236 g/mol. The molecule has 0 saturated heterocycles. The average Bonchev–Trinajstić information content (AvgIpc) is 2.47. The zero-order valence-electron chi connectivity index (χ0n) is 10.6. The molecule has 2 rings (SSSR count). The van der Waals surface area contributed by atoms with E-state index in [1.165, 1.54) is 5.56 Å². The lowest BCUT2D eigenvalue weighted by Gasteiger charge is -2.02. The fourth-order valence-electron chi connectivity index (χ4n) is 1.68. The van der Waals surface area contributed by atoms with E-state index in [0.717, 1.165) is 12.0 Å². The van der Waals surface area contributed by atoms with Crippen LogP contribution in [0.1, 0.15) is 11.1 Å². The molecule has 1 aromatic carbocycles. The number of hydrogen-bond acceptors (Lipinski definition) is 2. The van der Waals surface area contributed by atoms with Crippen molar-refractivity contribution in [3.05, 3.63) is 72.1 Å². The molecule has 0 atom stereocenters. The van der Waals surface area contributed by atoms with Crippen molar-refractivity contribution < 1.29 is 4.79 Å². The highest BCUT2D eigenvalue weighted by Crippen LogP contribution is 1.99. The number of pyridine rings is 1. The van der Waals surface area contributed by atoms with E-state index in [-0.39, 0.29) is 5.91 Å². The van der Waals surface area contributed by atoms with E-state index < -0.39 is 0 Å². The van der Waals surface area contributed by atoms with Crippen molar-refractivity contribution >= 4 is 12.0 Å². The summed E-state index contributed by atoms with van der Waals surface area (Å²) in [5.41, 5.74) is 2.19. The minimum absolute atomic E-state index is 0.0762. The Morgan fingerprint density at radius 2 is 1.84 bits per heavy atom. The normalized spacial score (nSPS) is 10.5. The minimum atomic E-state index is -0.0762. The standard InChI is InChI=1S/C16H16N2O/c19-16(7-6-15-8-11-17-12-9-15)18-13-10-14-4-2-1-3-5-14/h1-9,11-12H,10,13H2,(H,18,19)/b7-6+. The van der Waals surface area contributed by atoms with Crippen LogP contribution in [-0.4, -0.2) is 17.4 Å². The number of rotatable bonds is 5. The van der Waals surface area contributed by atoms with Crippen LogP contribution in [-0.2, 0) is 11.2 Å². The summed E-state index contributed by atoms with van der Waals surface area (Å²) in [7, 11) is 0. The van der Waals surface area contributed by atoms with Crippen LogP contribution in [0, 0.1) is 0 Å². The Labute approximate surface area is 113 Å². The third-order valence-corrected chi connectivity index (χ3v) is 2.69. The minimum Gasteiger partial charge on any atom is -0.352 e. The fourth-order valence-corrected chi connectivity index (χ4v) is 1.68. The van der Waals surface area contributed by atoms with Gasteiger partial charge in [0.1, 0.15) is 0 Å². The van der Waals surface area contributed by atoms with Crippen LogP contribution in [0.2, 0.25) is 0 Å². The molecule has 0 unspecified atom stereocenters. The Morgan fingerprint density at radius 3 is 2.58 bits per heavy atom. The van der Waals surface area contributed by atoms with Gasteiger partial charge in [0.15, 0.2) is 0 Å². The van der Waals surface area contributed by atoms with E-state index in [1.54, 1.807) is 24.5 Å². The highest BCUT2D eigenvalue weighted by Gasteiger charge is 1.95. The lowest BCUT2D eigenvalue weighted by atomic mass is 10.1. The van der Waals surface area contributed by atoms with Crippen LogP contribution in [0.4, 0.5) is 0 Å². The zero-order valence-corrected chi connectivity index (χ0v) is 10.6. The third-order valence-electron chi connectivity index (χ3n) is 2.69. The molecule has 0 spiro atoms. The predicted molar refractivity (Wildman–Crippen MR) is 76.4 cm³/mol. The van der Waals surface area contributed by atoms with E-state index in [0.29, 0.717) is 6.54 Å². The quantitative estimate of drug-likeness (QED) is 0.830. The van der Waals surface area contributed by atoms with E-state index in [1.807, 2.05) is 30.3 Å². The lowest BCUT2D eigenvalue weighted by Crippen LogP contribution is -2.23. The molecule has 0 bridgehead atoms. The molecule has 96 valence electrons. The van der Waals surface area contributed by atoms with Gasteiger partial charge in [-0.05, 0) is 35.8 Å². The SMILES string of the molecule is O=C(/C=C/c1ccncc1)NCCc1ccccc1. The smallest absolute Gasteiger partial charge is 0.244 e. The van der Waals surface area contributed by atoms with Gasteiger partial charge >= 0.3 is 0 Å². The molecule has 1 heterocycles. The maximum Gasteiger partial charge on any atom is 0.244 e. The van der Waals surface area contributed by atoms with E-state index in [4.69, 9.17) is 0 Å². The number of amides is 1. The van der Waals surface area contributed by atoms with E-state index >= 15 is 0 Å². The Hall–Kier alpha value is -2.42. The molecule has 0 aliphatic heterocycles. The van der Waals surface area contributed by atoms with Crippen LogP contribution >= 0.6 is 0 Å². The highest BCUT2D eigenvalue weighted by molar-refractivity contribution is 5.91. The monoisotopic (exact) mass is 252 g/mol. The predicted octanol–water partition coefficient (Wildman–Crippen LogP) is 2.45. The molecule has 0 radical (unpaired) electrons. The molecule has 0 fully saturated rings. The first-order valence-corrected chi connectivity index (χ1v) is 6.24. The van der Waals surface area contributed by atoms with Crippen molar-refractivity contribution in [2.24, 2.45) is 0 Å². The van der Waals surface area contributed by atoms with Gasteiger partial charge in [-0.1, -0.05) is 30.3 Å². The molecule has 19 heavy (non-hydrogen) atoms. The van der Waals surface area contributed by atoms with Gasteiger partial charge in [0, 0.05) is 25.0 Å². The second-order valence-electron chi connectivity index (χ2n) is 4.14. The van der Waals surface area contributed by atoms with Crippen molar-refractivity contribution in [1.82, 2.24) is 10.3 Å². The fraction of sp³-hybridized carbons (Fsp3) is 0.125. The Kier molecular flexibility index (Phi) is 4.87. The number of nitrogens with zero attached hydrogens (tertiary/aromatic N) is 1. The number of carbonyl (C=O) groups excluding carboxylic acids is 1. The summed E-state index contributed by atoms with van der Waals surface area (Å²) in [6.07, 6.45) is 7.56. The van der Waals surface area contributed by atoms with Gasteiger partial charge in [-0.2, -0.15) is 0 Å². The zero-order chi connectivity index (χ0) is 13.3. The van der Waals surface area contributed by atoms with Crippen molar-refractivity contribution in [3.8, 4) is 0 Å². The van der Waals surface area contributed by atoms with Crippen LogP contribution < -0.4 is 5.32 Å². The first-order chi connectivity index (χ1) is 9.34. The van der Waals surface area contributed by atoms with E-state index in [9.17, 15) is 4.79 Å². The first-order valence-electron chi connectivity index (χ1n) is 6.24. The maximum absolute atomic E-state index is 11.6. The summed E-state index contributed by atoms with van der Waals surface area (Å²) in [4.78, 5) is 15.5. The highest BCUT2D eigenvalue weighted by atomic mass is 16.1. The third kappa shape index (κ3) is 4.76. The van der Waals surface area contributed by atoms with Crippen LogP contribution in [0.15, 0.2) is 60.9 Å². The second kappa shape index (κ2) is 7.11. The van der Waals surface area contributed by atoms with Crippen molar-refractivity contribution in [1.29, 1.82) is 0 Å². The van der Waals surface area contributed by atoms with Gasteiger partial charge in [0.25, 0.3) is 0 Å². The summed E-state index contributed by atoms with van der Waals surface area (Å²) in [5, 5.41) is 2.86. The molecular formula is C16H16N2O. The molecule has 0 aliphatic carbocycles. The van der Waals surface area contributed by atoms with Gasteiger partial charge in [-0.15, -0.1) is 0 Å². The largest absolute Gasteiger partial charge is 0.352 e. The molecule has 3 heteroatoms. The maximum atomic E-state index is 11.6. The summed E-state index contributed by atoms with van der Waals surface area (Å²) in [6.45, 7) is 0.642. The van der Waals surface area contributed by atoms with E-state index in [2.05, 4.69) is 22.4 Å². The molecule has 1 N–H and O–H groups in total. The Bertz CT molecular complexity index is 535. The Balaban J connectivity index is 1.75. The molecule has 2 aromatic rings. The molecule has 3 nitrogen and oxygen atoms in total.